The molecule has 3 heteroatoms. The molecule has 0 spiro atoms. The second-order valence-corrected chi connectivity index (χ2v) is 2.83. The maximum absolute atomic E-state index is 10.4. The van der Waals surface area contributed by atoms with Crippen molar-refractivity contribution < 1.29 is 9.59 Å². The van der Waals surface area contributed by atoms with E-state index in [0.717, 1.165) is 0 Å². The van der Waals surface area contributed by atoms with Crippen LogP contribution in [0.3, 0.4) is 0 Å². The summed E-state index contributed by atoms with van der Waals surface area (Å²) in [6, 6.07) is -0.595. The van der Waals surface area contributed by atoms with Crippen LogP contribution in [0.4, 0.5) is 0 Å². The number of hydrogen-bond donors (Lipinski definition) is 1. The highest BCUT2D eigenvalue weighted by molar-refractivity contribution is 5.87. The first-order valence-electron chi connectivity index (χ1n) is 4.21. The highest BCUT2D eigenvalue weighted by Gasteiger charge is 2.09. The standard InChI is InChI=1S/C6H11NO2.C3H8/c1-4(8)3-6(7)5(2)9;1-3-2/h6H,3,7H2,1-2H3;3H2,1-2H3. The lowest BCUT2D eigenvalue weighted by molar-refractivity contribution is -0.123. The minimum Gasteiger partial charge on any atom is -0.321 e. The highest BCUT2D eigenvalue weighted by Crippen LogP contribution is 1.89. The van der Waals surface area contributed by atoms with E-state index in [9.17, 15) is 9.59 Å². The van der Waals surface area contributed by atoms with Crippen molar-refractivity contribution in [3.05, 3.63) is 0 Å². The van der Waals surface area contributed by atoms with Gasteiger partial charge in [-0.05, 0) is 13.8 Å². The molecule has 0 aromatic heterocycles. The zero-order chi connectivity index (χ0) is 10.1. The molecule has 0 bridgehead atoms. The van der Waals surface area contributed by atoms with Gasteiger partial charge in [0.25, 0.3) is 0 Å². The first kappa shape index (κ1) is 13.9. The third-order valence-electron chi connectivity index (χ3n) is 1.03. The predicted molar refractivity (Wildman–Crippen MR) is 49.9 cm³/mol. The van der Waals surface area contributed by atoms with Crippen LogP contribution in [-0.4, -0.2) is 17.6 Å². The van der Waals surface area contributed by atoms with Gasteiger partial charge in [-0.2, -0.15) is 0 Å². The molecule has 0 heterocycles. The lowest BCUT2D eigenvalue weighted by Crippen LogP contribution is -2.30. The van der Waals surface area contributed by atoms with E-state index >= 15 is 0 Å². The van der Waals surface area contributed by atoms with Crippen molar-refractivity contribution >= 4 is 11.6 Å². The molecule has 0 aromatic rings. The highest BCUT2D eigenvalue weighted by atomic mass is 16.1. The minimum atomic E-state index is -0.595. The Hall–Kier alpha value is -0.700. The number of Topliss-reactive ketones (excluding diaryl/α,β-unsaturated/α-hetero) is 2. The van der Waals surface area contributed by atoms with Crippen LogP contribution in [-0.2, 0) is 9.59 Å². The average Bonchev–Trinajstić information content (AvgIpc) is 1.87. The summed E-state index contributed by atoms with van der Waals surface area (Å²) in [4.78, 5) is 20.7. The maximum atomic E-state index is 10.4. The van der Waals surface area contributed by atoms with Gasteiger partial charge in [0.1, 0.15) is 11.6 Å². The number of carbonyl (C=O) groups excluding carboxylic acids is 2. The van der Waals surface area contributed by atoms with Crippen LogP contribution < -0.4 is 5.73 Å². The van der Waals surface area contributed by atoms with E-state index in [-0.39, 0.29) is 18.0 Å². The fourth-order valence-electron chi connectivity index (χ4n) is 0.453. The molecule has 0 aliphatic heterocycles. The zero-order valence-electron chi connectivity index (χ0n) is 8.39. The van der Waals surface area contributed by atoms with Crippen LogP contribution >= 0.6 is 0 Å². The smallest absolute Gasteiger partial charge is 0.146 e. The van der Waals surface area contributed by atoms with Gasteiger partial charge in [0.05, 0.1) is 6.04 Å². The Morgan fingerprint density at radius 1 is 1.25 bits per heavy atom. The van der Waals surface area contributed by atoms with Crippen molar-refractivity contribution in [2.24, 2.45) is 5.73 Å². The summed E-state index contributed by atoms with van der Waals surface area (Å²) in [7, 11) is 0. The van der Waals surface area contributed by atoms with Crippen LogP contribution in [0.2, 0.25) is 0 Å². The van der Waals surface area contributed by atoms with Crippen molar-refractivity contribution in [3.8, 4) is 0 Å². The average molecular weight is 173 g/mol. The van der Waals surface area contributed by atoms with E-state index in [1.54, 1.807) is 0 Å². The molecule has 0 saturated heterocycles. The number of rotatable bonds is 3. The second-order valence-electron chi connectivity index (χ2n) is 2.83. The zero-order valence-corrected chi connectivity index (χ0v) is 8.39. The molecule has 0 rings (SSSR count). The molecule has 3 nitrogen and oxygen atoms in total. The molecule has 0 saturated carbocycles. The first-order valence-corrected chi connectivity index (χ1v) is 4.21. The number of carbonyl (C=O) groups is 2. The van der Waals surface area contributed by atoms with Crippen molar-refractivity contribution in [1.82, 2.24) is 0 Å². The van der Waals surface area contributed by atoms with Crippen molar-refractivity contribution in [1.29, 1.82) is 0 Å². The Morgan fingerprint density at radius 2 is 1.58 bits per heavy atom. The van der Waals surface area contributed by atoms with E-state index in [1.165, 1.54) is 20.3 Å². The Kier molecular flexibility index (Phi) is 9.70. The van der Waals surface area contributed by atoms with Crippen LogP contribution in [0.25, 0.3) is 0 Å². The Balaban J connectivity index is 0. The lowest BCUT2D eigenvalue weighted by Gasteiger charge is -2.01. The molecule has 2 N–H and O–H groups in total. The van der Waals surface area contributed by atoms with Crippen LogP contribution in [0.15, 0.2) is 0 Å². The quantitative estimate of drug-likeness (QED) is 0.699. The molecule has 0 amide bonds. The summed E-state index contributed by atoms with van der Waals surface area (Å²) in [5, 5.41) is 0. The van der Waals surface area contributed by atoms with Crippen LogP contribution in [0.5, 0.6) is 0 Å². The molecule has 0 radical (unpaired) electrons. The summed E-state index contributed by atoms with van der Waals surface area (Å²) in [5.74, 6) is -0.178. The van der Waals surface area contributed by atoms with Gasteiger partial charge >= 0.3 is 0 Å². The number of nitrogens with two attached hydrogens (primary N) is 1. The summed E-state index contributed by atoms with van der Waals surface area (Å²) in [5.41, 5.74) is 5.25. The third kappa shape index (κ3) is 12.0. The second kappa shape index (κ2) is 8.40. The topological polar surface area (TPSA) is 60.2 Å². The Labute approximate surface area is 74.3 Å². The molecule has 0 aromatic carbocycles. The van der Waals surface area contributed by atoms with E-state index in [1.807, 2.05) is 0 Å². The van der Waals surface area contributed by atoms with E-state index in [0.29, 0.717) is 0 Å². The number of ketones is 2. The normalized spacial score (nSPS) is 11.1. The fraction of sp³-hybridized carbons (Fsp3) is 0.778. The third-order valence-corrected chi connectivity index (χ3v) is 1.03. The van der Waals surface area contributed by atoms with Crippen molar-refractivity contribution in [2.75, 3.05) is 0 Å². The molecule has 1 atom stereocenters. The molecule has 12 heavy (non-hydrogen) atoms. The van der Waals surface area contributed by atoms with Crippen molar-refractivity contribution in [3.63, 3.8) is 0 Å². The minimum absolute atomic E-state index is 0.0438. The molecule has 0 aliphatic carbocycles. The first-order chi connectivity index (χ1) is 5.45. The van der Waals surface area contributed by atoms with Gasteiger partial charge < -0.3 is 5.73 Å². The summed E-state index contributed by atoms with van der Waals surface area (Å²) in [6.07, 6.45) is 1.41. The van der Waals surface area contributed by atoms with E-state index in [4.69, 9.17) is 5.73 Å². The van der Waals surface area contributed by atoms with Gasteiger partial charge in [-0.25, -0.2) is 0 Å². The van der Waals surface area contributed by atoms with Gasteiger partial charge in [0.15, 0.2) is 0 Å². The van der Waals surface area contributed by atoms with E-state index < -0.39 is 6.04 Å². The predicted octanol–water partition coefficient (Wildman–Crippen LogP) is 1.30. The molecular formula is C9H19NO2. The molecule has 72 valence electrons. The molecule has 1 unspecified atom stereocenters. The maximum Gasteiger partial charge on any atom is 0.146 e. The Bertz CT molecular complexity index is 143. The molecule has 0 fully saturated rings. The summed E-state index contributed by atoms with van der Waals surface area (Å²) >= 11 is 0. The summed E-state index contributed by atoms with van der Waals surface area (Å²) in [6.45, 7) is 7.05. The molecule has 0 aliphatic rings. The molecular weight excluding hydrogens is 154 g/mol. The van der Waals surface area contributed by atoms with Crippen molar-refractivity contribution in [2.45, 2.75) is 46.6 Å². The van der Waals surface area contributed by atoms with Gasteiger partial charge in [0, 0.05) is 6.42 Å². The Morgan fingerprint density at radius 3 is 1.67 bits per heavy atom. The van der Waals surface area contributed by atoms with E-state index in [2.05, 4.69) is 13.8 Å². The largest absolute Gasteiger partial charge is 0.321 e. The summed E-state index contributed by atoms with van der Waals surface area (Å²) < 4.78 is 0. The van der Waals surface area contributed by atoms with Gasteiger partial charge in [-0.3, -0.25) is 9.59 Å². The van der Waals surface area contributed by atoms with Crippen LogP contribution in [0.1, 0.15) is 40.5 Å². The fourth-order valence-corrected chi connectivity index (χ4v) is 0.453. The number of hydrogen-bond acceptors (Lipinski definition) is 3. The lowest BCUT2D eigenvalue weighted by atomic mass is 10.1. The monoisotopic (exact) mass is 173 g/mol. The van der Waals surface area contributed by atoms with Crippen LogP contribution in [0, 0.1) is 0 Å². The van der Waals surface area contributed by atoms with Gasteiger partial charge in [0.2, 0.25) is 0 Å². The SMILES string of the molecule is CC(=O)CC(N)C(C)=O.CCC. The van der Waals surface area contributed by atoms with Gasteiger partial charge in [-0.1, -0.05) is 20.3 Å². The van der Waals surface area contributed by atoms with Gasteiger partial charge in [-0.15, -0.1) is 0 Å².